The van der Waals surface area contributed by atoms with Gasteiger partial charge in [-0.3, -0.25) is 5.10 Å². The lowest BCUT2D eigenvalue weighted by Crippen LogP contribution is -1.96. The maximum Gasteiger partial charge on any atom is 0.188 e. The van der Waals surface area contributed by atoms with Crippen LogP contribution < -0.4 is 5.32 Å². The molecule has 4 nitrogen and oxygen atoms in total. The average molecular weight is 323 g/mol. The molecule has 0 atom stereocenters. The molecule has 0 aliphatic carbocycles. The van der Waals surface area contributed by atoms with Crippen LogP contribution in [0.25, 0.3) is 0 Å². The summed E-state index contributed by atoms with van der Waals surface area (Å²) in [6.07, 6.45) is 1.50. The molecule has 3 rings (SSSR count). The second-order valence-corrected chi connectivity index (χ2v) is 6.50. The number of hydrogen-bond acceptors (Lipinski definition) is 5. The third-order valence-electron chi connectivity index (χ3n) is 2.55. The van der Waals surface area contributed by atoms with Crippen LogP contribution >= 0.6 is 34.7 Å². The standard InChI is InChI=1S/C13H11ClN4S2/c14-9-5-12(19-7-9)6-15-10-1-3-11(4-2-10)20-13-16-8-17-18-13/h1-5,7-8,15H,6H2,(H,16,17,18). The normalized spacial score (nSPS) is 10.7. The second-order valence-electron chi connectivity index (χ2n) is 4.00. The third kappa shape index (κ3) is 3.53. The van der Waals surface area contributed by atoms with Crippen molar-refractivity contribution >= 4 is 40.4 Å². The number of H-pyrrole nitrogens is 1. The highest BCUT2D eigenvalue weighted by atomic mass is 35.5. The van der Waals surface area contributed by atoms with Crippen molar-refractivity contribution in [3.63, 3.8) is 0 Å². The molecule has 0 bridgehead atoms. The Labute approximate surface area is 129 Å². The summed E-state index contributed by atoms with van der Waals surface area (Å²) >= 11 is 9.10. The quantitative estimate of drug-likeness (QED) is 0.736. The summed E-state index contributed by atoms with van der Waals surface area (Å²) in [5, 5.41) is 13.5. The SMILES string of the molecule is Clc1csc(CNc2ccc(Sc3ncn[nH]3)cc2)c1. The van der Waals surface area contributed by atoms with Crippen molar-refractivity contribution < 1.29 is 0 Å². The monoisotopic (exact) mass is 322 g/mol. The molecule has 0 aliphatic heterocycles. The summed E-state index contributed by atoms with van der Waals surface area (Å²) in [4.78, 5) is 6.42. The van der Waals surface area contributed by atoms with Crippen molar-refractivity contribution in [2.24, 2.45) is 0 Å². The lowest BCUT2D eigenvalue weighted by atomic mass is 10.3. The number of thiophene rings is 1. The van der Waals surface area contributed by atoms with Gasteiger partial charge in [0, 0.05) is 27.4 Å². The van der Waals surface area contributed by atoms with E-state index in [-0.39, 0.29) is 0 Å². The molecule has 2 heterocycles. The van der Waals surface area contributed by atoms with Crippen LogP contribution in [0.5, 0.6) is 0 Å². The first kappa shape index (κ1) is 13.5. The molecule has 0 saturated heterocycles. The molecule has 102 valence electrons. The molecule has 2 aromatic heterocycles. The summed E-state index contributed by atoms with van der Waals surface area (Å²) in [6.45, 7) is 0.784. The number of anilines is 1. The first-order valence-electron chi connectivity index (χ1n) is 5.90. The molecule has 0 radical (unpaired) electrons. The highest BCUT2D eigenvalue weighted by Crippen LogP contribution is 2.25. The molecule has 3 aromatic rings. The Morgan fingerprint density at radius 2 is 2.15 bits per heavy atom. The van der Waals surface area contributed by atoms with Gasteiger partial charge < -0.3 is 5.32 Å². The lowest BCUT2D eigenvalue weighted by Gasteiger charge is -2.05. The van der Waals surface area contributed by atoms with Gasteiger partial charge in [0.1, 0.15) is 6.33 Å². The predicted octanol–water partition coefficient (Wildman–Crippen LogP) is 4.28. The fourth-order valence-electron chi connectivity index (χ4n) is 1.63. The smallest absolute Gasteiger partial charge is 0.188 e. The van der Waals surface area contributed by atoms with Crippen LogP contribution in [0, 0.1) is 0 Å². The second kappa shape index (κ2) is 6.30. The lowest BCUT2D eigenvalue weighted by molar-refractivity contribution is 0.973. The van der Waals surface area contributed by atoms with Crippen LogP contribution in [0.4, 0.5) is 5.69 Å². The summed E-state index contributed by atoms with van der Waals surface area (Å²) in [5.74, 6) is 0. The molecule has 7 heteroatoms. The third-order valence-corrected chi connectivity index (χ3v) is 4.73. The first-order chi connectivity index (χ1) is 9.79. The first-order valence-corrected chi connectivity index (χ1v) is 7.97. The van der Waals surface area contributed by atoms with Gasteiger partial charge in [-0.2, -0.15) is 5.10 Å². The van der Waals surface area contributed by atoms with Gasteiger partial charge in [0.05, 0.1) is 5.02 Å². The van der Waals surface area contributed by atoms with E-state index in [1.165, 1.54) is 11.2 Å². The van der Waals surface area contributed by atoms with Gasteiger partial charge in [0.25, 0.3) is 0 Å². The molecule has 2 N–H and O–H groups in total. The maximum absolute atomic E-state index is 5.90. The molecule has 0 fully saturated rings. The highest BCUT2D eigenvalue weighted by Gasteiger charge is 2.01. The summed E-state index contributed by atoms with van der Waals surface area (Å²) in [7, 11) is 0. The van der Waals surface area contributed by atoms with Crippen LogP contribution in [0.15, 0.2) is 52.1 Å². The van der Waals surface area contributed by atoms with E-state index in [4.69, 9.17) is 11.6 Å². The van der Waals surface area contributed by atoms with E-state index >= 15 is 0 Å². The molecule has 0 saturated carbocycles. The van der Waals surface area contributed by atoms with E-state index in [9.17, 15) is 0 Å². The number of rotatable bonds is 5. The van der Waals surface area contributed by atoms with Gasteiger partial charge in [-0.1, -0.05) is 23.4 Å². The fourth-order valence-corrected chi connectivity index (χ4v) is 3.34. The summed E-state index contributed by atoms with van der Waals surface area (Å²) in [6, 6.07) is 10.2. The van der Waals surface area contributed by atoms with E-state index in [1.807, 2.05) is 23.6 Å². The van der Waals surface area contributed by atoms with Crippen molar-refractivity contribution in [3.8, 4) is 0 Å². The van der Waals surface area contributed by atoms with Crippen LogP contribution in [-0.2, 0) is 6.54 Å². The molecular formula is C13H11ClN4S2. The van der Waals surface area contributed by atoms with Crippen molar-refractivity contribution in [2.75, 3.05) is 5.32 Å². The van der Waals surface area contributed by atoms with Crippen molar-refractivity contribution in [3.05, 3.63) is 51.9 Å². The number of nitrogens with one attached hydrogen (secondary N) is 2. The van der Waals surface area contributed by atoms with Crippen molar-refractivity contribution in [1.82, 2.24) is 15.2 Å². The number of halogens is 1. The van der Waals surface area contributed by atoms with Crippen LogP contribution in [0.2, 0.25) is 5.02 Å². The Morgan fingerprint density at radius 3 is 2.80 bits per heavy atom. The molecular weight excluding hydrogens is 312 g/mol. The molecule has 1 aromatic carbocycles. The summed E-state index contributed by atoms with van der Waals surface area (Å²) < 4.78 is 0. The number of benzene rings is 1. The van der Waals surface area contributed by atoms with E-state index in [0.717, 1.165) is 27.3 Å². The summed E-state index contributed by atoms with van der Waals surface area (Å²) in [5.41, 5.74) is 1.08. The van der Waals surface area contributed by atoms with E-state index in [2.05, 4.69) is 32.6 Å². The largest absolute Gasteiger partial charge is 0.380 e. The number of aromatic nitrogens is 3. The predicted molar refractivity (Wildman–Crippen MR) is 83.6 cm³/mol. The number of hydrogen-bond donors (Lipinski definition) is 2. The minimum absolute atomic E-state index is 0.784. The van der Waals surface area contributed by atoms with E-state index in [1.54, 1.807) is 23.1 Å². The Hall–Kier alpha value is -1.50. The Kier molecular flexibility index (Phi) is 4.25. The van der Waals surface area contributed by atoms with E-state index < -0.39 is 0 Å². The molecule has 20 heavy (non-hydrogen) atoms. The Morgan fingerprint density at radius 1 is 1.30 bits per heavy atom. The van der Waals surface area contributed by atoms with Gasteiger partial charge in [-0.15, -0.1) is 11.3 Å². The van der Waals surface area contributed by atoms with Gasteiger partial charge in [-0.25, -0.2) is 4.98 Å². The molecule has 0 spiro atoms. The van der Waals surface area contributed by atoms with Crippen LogP contribution in [0.1, 0.15) is 4.88 Å². The minimum Gasteiger partial charge on any atom is -0.380 e. The fraction of sp³-hybridized carbons (Fsp3) is 0.0769. The average Bonchev–Trinajstić information content (AvgIpc) is 3.10. The van der Waals surface area contributed by atoms with E-state index in [0.29, 0.717) is 0 Å². The Balaban J connectivity index is 1.58. The molecule has 0 amide bonds. The van der Waals surface area contributed by atoms with Gasteiger partial charge >= 0.3 is 0 Å². The zero-order valence-corrected chi connectivity index (χ0v) is 12.7. The van der Waals surface area contributed by atoms with Gasteiger partial charge in [-0.05, 0) is 30.3 Å². The molecule has 0 aliphatic rings. The molecule has 0 unspecified atom stereocenters. The topological polar surface area (TPSA) is 53.6 Å². The Bertz CT molecular complexity index is 664. The van der Waals surface area contributed by atoms with Crippen LogP contribution in [0.3, 0.4) is 0 Å². The zero-order valence-electron chi connectivity index (χ0n) is 10.3. The zero-order chi connectivity index (χ0) is 13.8. The van der Waals surface area contributed by atoms with Crippen molar-refractivity contribution in [1.29, 1.82) is 0 Å². The van der Waals surface area contributed by atoms with Crippen LogP contribution in [-0.4, -0.2) is 15.2 Å². The number of aromatic amines is 1. The highest BCUT2D eigenvalue weighted by molar-refractivity contribution is 7.99. The number of nitrogens with zero attached hydrogens (tertiary/aromatic N) is 2. The van der Waals surface area contributed by atoms with Gasteiger partial charge in [0.2, 0.25) is 0 Å². The van der Waals surface area contributed by atoms with Crippen molar-refractivity contribution in [2.45, 2.75) is 16.6 Å². The maximum atomic E-state index is 5.90. The minimum atomic E-state index is 0.784. The van der Waals surface area contributed by atoms with Gasteiger partial charge in [0.15, 0.2) is 5.16 Å².